The Labute approximate surface area is 201 Å². The van der Waals surface area contributed by atoms with Gasteiger partial charge >= 0.3 is 0 Å². The van der Waals surface area contributed by atoms with E-state index in [4.69, 9.17) is 15.9 Å². The lowest BCUT2D eigenvalue weighted by Gasteiger charge is -2.13. The number of halogens is 2. The minimum absolute atomic E-state index is 0.0244. The second-order valence-corrected chi connectivity index (χ2v) is 7.06. The number of para-hydroxylation sites is 2. The maximum atomic E-state index is 14.1. The second kappa shape index (κ2) is 12.0. The average molecular weight is 476 g/mol. The van der Waals surface area contributed by atoms with Crippen LogP contribution in [0.15, 0.2) is 72.3 Å². The number of carbonyl (C=O) groups is 2. The summed E-state index contributed by atoms with van der Waals surface area (Å²) in [4.78, 5) is 26.1. The van der Waals surface area contributed by atoms with Gasteiger partial charge in [-0.15, -0.1) is 6.42 Å². The quantitative estimate of drug-likeness (QED) is 0.196. The highest BCUT2D eigenvalue weighted by molar-refractivity contribution is 6.28. The van der Waals surface area contributed by atoms with E-state index in [0.29, 0.717) is 23.7 Å². The van der Waals surface area contributed by atoms with Gasteiger partial charge in [0.05, 0.1) is 18.0 Å². The van der Waals surface area contributed by atoms with Crippen LogP contribution in [0.1, 0.15) is 12.5 Å². The monoisotopic (exact) mass is 476 g/mol. The van der Waals surface area contributed by atoms with Crippen molar-refractivity contribution >= 4 is 29.3 Å². The Morgan fingerprint density at radius 1 is 0.886 bits per heavy atom. The highest BCUT2D eigenvalue weighted by Gasteiger charge is 2.21. The summed E-state index contributed by atoms with van der Waals surface area (Å²) < 4.78 is 39.2. The van der Waals surface area contributed by atoms with Crippen LogP contribution in [-0.2, 0) is 9.59 Å². The Morgan fingerprint density at radius 2 is 1.46 bits per heavy atom. The smallest absolute Gasteiger partial charge is 0.261 e. The van der Waals surface area contributed by atoms with Crippen LogP contribution < -0.4 is 20.1 Å². The number of carbonyl (C=O) groups excluding carboxylic acids is 2. The van der Waals surface area contributed by atoms with Crippen LogP contribution in [0.3, 0.4) is 0 Å². The number of benzene rings is 3. The third-order valence-electron chi connectivity index (χ3n) is 4.62. The van der Waals surface area contributed by atoms with E-state index < -0.39 is 29.0 Å². The summed E-state index contributed by atoms with van der Waals surface area (Å²) in [6.07, 6.45) is 6.52. The molecule has 0 unspecified atom stereocenters. The first-order valence-electron chi connectivity index (χ1n) is 10.6. The lowest BCUT2D eigenvalue weighted by molar-refractivity contribution is -0.118. The predicted molar refractivity (Wildman–Crippen MR) is 130 cm³/mol. The number of rotatable bonds is 9. The van der Waals surface area contributed by atoms with Crippen molar-refractivity contribution in [3.8, 4) is 23.8 Å². The lowest BCUT2D eigenvalue weighted by Crippen LogP contribution is -2.26. The minimum Gasteiger partial charge on any atom is -0.490 e. The molecular weight excluding hydrogens is 454 g/mol. The molecule has 0 aliphatic carbocycles. The van der Waals surface area contributed by atoms with Gasteiger partial charge in [0.25, 0.3) is 11.8 Å². The molecule has 0 aromatic heterocycles. The predicted octanol–water partition coefficient (Wildman–Crippen LogP) is 5.04. The van der Waals surface area contributed by atoms with E-state index in [9.17, 15) is 18.4 Å². The molecule has 0 spiro atoms. The van der Waals surface area contributed by atoms with Crippen LogP contribution >= 0.6 is 0 Å². The molecule has 0 saturated heterocycles. The van der Waals surface area contributed by atoms with Crippen molar-refractivity contribution in [2.45, 2.75) is 6.92 Å². The molecule has 3 aromatic rings. The average Bonchev–Trinajstić information content (AvgIpc) is 2.85. The van der Waals surface area contributed by atoms with Gasteiger partial charge in [-0.2, -0.15) is 0 Å². The van der Waals surface area contributed by atoms with Crippen molar-refractivity contribution in [3.63, 3.8) is 0 Å². The van der Waals surface area contributed by atoms with Crippen LogP contribution in [0.2, 0.25) is 0 Å². The van der Waals surface area contributed by atoms with E-state index in [1.165, 1.54) is 54.6 Å². The summed E-state index contributed by atoms with van der Waals surface area (Å²) in [6, 6.07) is 15.8. The Balaban J connectivity index is 1.99. The molecule has 0 fully saturated rings. The number of hydrogen-bond donors (Lipinski definition) is 2. The summed E-state index contributed by atoms with van der Waals surface area (Å²) in [7, 11) is 0. The van der Waals surface area contributed by atoms with E-state index in [2.05, 4.69) is 16.6 Å². The molecule has 0 aliphatic rings. The fourth-order valence-electron chi connectivity index (χ4n) is 3.03. The first-order valence-corrected chi connectivity index (χ1v) is 10.6. The maximum absolute atomic E-state index is 14.1. The molecule has 0 saturated carbocycles. The Bertz CT molecular complexity index is 1240. The van der Waals surface area contributed by atoms with Gasteiger partial charge in [-0.05, 0) is 55.0 Å². The topological polar surface area (TPSA) is 76.7 Å². The van der Waals surface area contributed by atoms with Crippen molar-refractivity contribution < 1.29 is 27.8 Å². The number of anilines is 2. The van der Waals surface area contributed by atoms with Gasteiger partial charge in [0.1, 0.15) is 23.8 Å². The van der Waals surface area contributed by atoms with E-state index in [1.807, 2.05) is 0 Å². The zero-order valence-corrected chi connectivity index (χ0v) is 18.8. The van der Waals surface area contributed by atoms with Gasteiger partial charge in [-0.25, -0.2) is 8.78 Å². The van der Waals surface area contributed by atoms with Crippen LogP contribution in [0, 0.1) is 24.0 Å². The molecule has 3 rings (SSSR count). The second-order valence-electron chi connectivity index (χ2n) is 7.06. The molecule has 0 heterocycles. The van der Waals surface area contributed by atoms with Gasteiger partial charge in [-0.1, -0.05) is 36.3 Å². The molecular formula is C27H22F2N2O4. The van der Waals surface area contributed by atoms with Crippen molar-refractivity contribution in [2.75, 3.05) is 23.8 Å². The van der Waals surface area contributed by atoms with Gasteiger partial charge < -0.3 is 20.1 Å². The van der Waals surface area contributed by atoms with Crippen LogP contribution in [0.25, 0.3) is 6.08 Å². The van der Waals surface area contributed by atoms with E-state index in [0.717, 1.165) is 0 Å². The third-order valence-corrected chi connectivity index (χ3v) is 4.62. The Kier molecular flexibility index (Phi) is 8.57. The van der Waals surface area contributed by atoms with Gasteiger partial charge in [-0.3, -0.25) is 9.59 Å². The van der Waals surface area contributed by atoms with Crippen molar-refractivity contribution in [2.24, 2.45) is 0 Å². The lowest BCUT2D eigenvalue weighted by atomic mass is 10.1. The minimum atomic E-state index is -0.894. The summed E-state index contributed by atoms with van der Waals surface area (Å²) >= 11 is 0. The fraction of sp³-hybridized carbons (Fsp3) is 0.111. The standard InChI is InChI=1S/C27H22F2N2O4/c1-3-15-35-24-14-13-18(17-25(24)34-4-2)16-19(26(32)30-22-11-7-5-9-20(22)28)27(33)31-23-12-8-6-10-21(23)29/h1,5-14,16-17H,4,15H2,2H3,(H,30,32)(H,31,33). The molecule has 6 nitrogen and oxygen atoms in total. The number of amides is 2. The fourth-order valence-corrected chi connectivity index (χ4v) is 3.03. The summed E-state index contributed by atoms with van der Waals surface area (Å²) in [6.45, 7) is 2.13. The highest BCUT2D eigenvalue weighted by Crippen LogP contribution is 2.30. The molecule has 0 radical (unpaired) electrons. The summed E-state index contributed by atoms with van der Waals surface area (Å²) in [5.74, 6) is -0.0505. The van der Waals surface area contributed by atoms with Gasteiger partial charge in [0.15, 0.2) is 11.5 Å². The zero-order valence-electron chi connectivity index (χ0n) is 18.8. The Hall–Kier alpha value is -4.64. The van der Waals surface area contributed by atoms with Gasteiger partial charge in [0, 0.05) is 0 Å². The molecule has 0 atom stereocenters. The number of hydrogen-bond acceptors (Lipinski definition) is 4. The number of nitrogens with one attached hydrogen (secondary N) is 2. The molecule has 2 N–H and O–H groups in total. The molecule has 0 bridgehead atoms. The van der Waals surface area contributed by atoms with E-state index in [1.54, 1.807) is 25.1 Å². The van der Waals surface area contributed by atoms with E-state index in [-0.39, 0.29) is 18.0 Å². The summed E-state index contributed by atoms with van der Waals surface area (Å²) in [5.41, 5.74) is -0.217. The first kappa shape index (κ1) is 25.0. The van der Waals surface area contributed by atoms with Crippen LogP contribution in [0.4, 0.5) is 20.2 Å². The Morgan fingerprint density at radius 3 is 1.97 bits per heavy atom. The van der Waals surface area contributed by atoms with Crippen LogP contribution in [0.5, 0.6) is 11.5 Å². The molecule has 178 valence electrons. The molecule has 3 aromatic carbocycles. The maximum Gasteiger partial charge on any atom is 0.261 e. The largest absolute Gasteiger partial charge is 0.490 e. The van der Waals surface area contributed by atoms with Crippen molar-refractivity contribution in [1.82, 2.24) is 0 Å². The molecule has 35 heavy (non-hydrogen) atoms. The van der Waals surface area contributed by atoms with Crippen LogP contribution in [-0.4, -0.2) is 25.0 Å². The van der Waals surface area contributed by atoms with Crippen molar-refractivity contribution in [1.29, 1.82) is 0 Å². The molecule has 8 heteroatoms. The zero-order chi connectivity index (χ0) is 25.2. The van der Waals surface area contributed by atoms with Crippen molar-refractivity contribution in [3.05, 3.63) is 89.5 Å². The number of terminal acetylenes is 1. The van der Waals surface area contributed by atoms with Gasteiger partial charge in [0.2, 0.25) is 0 Å². The summed E-state index contributed by atoms with van der Waals surface area (Å²) in [5, 5.41) is 4.75. The number of ether oxygens (including phenoxy) is 2. The molecule has 2 amide bonds. The SMILES string of the molecule is C#CCOc1ccc(C=C(C(=O)Nc2ccccc2F)C(=O)Nc2ccccc2F)cc1OCC. The first-order chi connectivity index (χ1) is 16.9. The normalized spacial score (nSPS) is 10.0. The van der Waals surface area contributed by atoms with E-state index >= 15 is 0 Å². The third kappa shape index (κ3) is 6.68. The molecule has 0 aliphatic heterocycles. The highest BCUT2D eigenvalue weighted by atomic mass is 19.1.